The highest BCUT2D eigenvalue weighted by molar-refractivity contribution is 9.10. The van der Waals surface area contributed by atoms with E-state index in [0.29, 0.717) is 16.6 Å². The minimum absolute atomic E-state index is 0.0612. The van der Waals surface area contributed by atoms with E-state index >= 15 is 0 Å². The third kappa shape index (κ3) is 3.74. The topological polar surface area (TPSA) is 83.6 Å². The summed E-state index contributed by atoms with van der Waals surface area (Å²) in [5.41, 5.74) is 6.40. The van der Waals surface area contributed by atoms with Crippen molar-refractivity contribution in [2.24, 2.45) is 5.73 Å². The standard InChI is InChI=1S/C11H13BrN2O3/c1-14(5-4-10(15)16)7-2-3-8(11(13)17)9(12)6-7/h2-3,6H,4-5H2,1H3,(H2,13,17)(H,15,16). The molecule has 0 saturated carbocycles. The van der Waals surface area contributed by atoms with E-state index in [-0.39, 0.29) is 6.42 Å². The highest BCUT2D eigenvalue weighted by atomic mass is 79.9. The number of hydrogen-bond donors (Lipinski definition) is 2. The monoisotopic (exact) mass is 300 g/mol. The predicted molar refractivity (Wildman–Crippen MR) is 68.2 cm³/mol. The number of carboxylic acid groups (broad SMARTS) is 1. The van der Waals surface area contributed by atoms with E-state index in [2.05, 4.69) is 15.9 Å². The highest BCUT2D eigenvalue weighted by Gasteiger charge is 2.09. The third-order valence-electron chi connectivity index (χ3n) is 2.32. The molecule has 0 aliphatic heterocycles. The maximum Gasteiger partial charge on any atom is 0.305 e. The van der Waals surface area contributed by atoms with Gasteiger partial charge in [0.25, 0.3) is 0 Å². The number of carboxylic acids is 1. The van der Waals surface area contributed by atoms with Gasteiger partial charge in [0.2, 0.25) is 5.91 Å². The summed E-state index contributed by atoms with van der Waals surface area (Å²) in [6.45, 7) is 0.400. The number of aliphatic carboxylic acids is 1. The molecule has 0 spiro atoms. The van der Waals surface area contributed by atoms with Gasteiger partial charge in [-0.3, -0.25) is 9.59 Å². The molecular formula is C11H13BrN2O3. The predicted octanol–water partition coefficient (Wildman–Crippen LogP) is 1.46. The summed E-state index contributed by atoms with van der Waals surface area (Å²) >= 11 is 3.25. The van der Waals surface area contributed by atoms with E-state index in [1.807, 2.05) is 0 Å². The number of carbonyl (C=O) groups is 2. The summed E-state index contributed by atoms with van der Waals surface area (Å²) in [7, 11) is 1.79. The molecule has 3 N–H and O–H groups in total. The van der Waals surface area contributed by atoms with Gasteiger partial charge < -0.3 is 15.7 Å². The van der Waals surface area contributed by atoms with Gasteiger partial charge in [0, 0.05) is 23.8 Å². The summed E-state index contributed by atoms with van der Waals surface area (Å²) in [5.74, 6) is -1.35. The Morgan fingerprint density at radius 1 is 1.47 bits per heavy atom. The van der Waals surface area contributed by atoms with Gasteiger partial charge in [0.1, 0.15) is 0 Å². The van der Waals surface area contributed by atoms with Gasteiger partial charge >= 0.3 is 5.97 Å². The molecule has 0 heterocycles. The molecule has 1 amide bonds. The van der Waals surface area contributed by atoms with Gasteiger partial charge in [-0.2, -0.15) is 0 Å². The Morgan fingerprint density at radius 2 is 2.12 bits per heavy atom. The molecule has 6 heteroatoms. The van der Waals surface area contributed by atoms with Gasteiger partial charge in [0.05, 0.1) is 12.0 Å². The number of rotatable bonds is 5. The fourth-order valence-electron chi connectivity index (χ4n) is 1.33. The van der Waals surface area contributed by atoms with E-state index in [9.17, 15) is 9.59 Å². The van der Waals surface area contributed by atoms with Crippen molar-refractivity contribution >= 4 is 33.5 Å². The Hall–Kier alpha value is -1.56. The molecule has 1 aromatic rings. The lowest BCUT2D eigenvalue weighted by Gasteiger charge is -2.19. The molecule has 0 aliphatic rings. The van der Waals surface area contributed by atoms with Crippen LogP contribution in [-0.4, -0.2) is 30.6 Å². The minimum Gasteiger partial charge on any atom is -0.481 e. The fourth-order valence-corrected chi connectivity index (χ4v) is 1.90. The number of carbonyl (C=O) groups excluding carboxylic acids is 1. The summed E-state index contributed by atoms with van der Waals surface area (Å²) in [5, 5.41) is 8.58. The molecule has 1 rings (SSSR count). The molecular weight excluding hydrogens is 288 g/mol. The van der Waals surface area contributed by atoms with Crippen molar-refractivity contribution in [1.29, 1.82) is 0 Å². The molecule has 0 aliphatic carbocycles. The molecule has 0 fully saturated rings. The van der Waals surface area contributed by atoms with Crippen molar-refractivity contribution in [2.45, 2.75) is 6.42 Å². The first-order chi connectivity index (χ1) is 7.91. The SMILES string of the molecule is CN(CCC(=O)O)c1ccc(C(N)=O)c(Br)c1. The van der Waals surface area contributed by atoms with Crippen LogP contribution in [0.1, 0.15) is 16.8 Å². The van der Waals surface area contributed by atoms with Crippen LogP contribution in [0.15, 0.2) is 22.7 Å². The maximum atomic E-state index is 11.0. The van der Waals surface area contributed by atoms with Crippen molar-refractivity contribution in [1.82, 2.24) is 0 Å². The molecule has 0 bridgehead atoms. The number of primary amides is 1. The first-order valence-corrected chi connectivity index (χ1v) is 5.73. The smallest absolute Gasteiger partial charge is 0.305 e. The largest absolute Gasteiger partial charge is 0.481 e. The Labute approximate surface area is 107 Å². The van der Waals surface area contributed by atoms with Crippen LogP contribution in [0.2, 0.25) is 0 Å². The molecule has 17 heavy (non-hydrogen) atoms. The van der Waals surface area contributed by atoms with E-state index in [1.54, 1.807) is 30.1 Å². The second-order valence-corrected chi connectivity index (χ2v) is 4.45. The second kappa shape index (κ2) is 5.67. The number of nitrogens with zero attached hydrogens (tertiary/aromatic N) is 1. The van der Waals surface area contributed by atoms with Crippen LogP contribution < -0.4 is 10.6 Å². The molecule has 0 atom stereocenters. The fraction of sp³-hybridized carbons (Fsp3) is 0.273. The summed E-state index contributed by atoms with van der Waals surface area (Å²) in [6, 6.07) is 5.08. The zero-order chi connectivity index (χ0) is 13.0. The zero-order valence-corrected chi connectivity index (χ0v) is 10.9. The molecule has 0 unspecified atom stereocenters. The third-order valence-corrected chi connectivity index (χ3v) is 2.98. The highest BCUT2D eigenvalue weighted by Crippen LogP contribution is 2.23. The lowest BCUT2D eigenvalue weighted by atomic mass is 10.2. The van der Waals surface area contributed by atoms with Crippen LogP contribution in [0, 0.1) is 0 Å². The van der Waals surface area contributed by atoms with E-state index in [0.717, 1.165) is 5.69 Å². The Kier molecular flexibility index (Phi) is 4.51. The quantitative estimate of drug-likeness (QED) is 0.862. The Morgan fingerprint density at radius 3 is 2.59 bits per heavy atom. The lowest BCUT2D eigenvalue weighted by Crippen LogP contribution is -2.21. The first-order valence-electron chi connectivity index (χ1n) is 4.94. The molecule has 0 aromatic heterocycles. The van der Waals surface area contributed by atoms with Crippen molar-refractivity contribution in [3.8, 4) is 0 Å². The van der Waals surface area contributed by atoms with E-state index in [4.69, 9.17) is 10.8 Å². The van der Waals surface area contributed by atoms with Crippen molar-refractivity contribution in [2.75, 3.05) is 18.5 Å². The van der Waals surface area contributed by atoms with Crippen molar-refractivity contribution in [3.05, 3.63) is 28.2 Å². The number of amides is 1. The van der Waals surface area contributed by atoms with Crippen molar-refractivity contribution < 1.29 is 14.7 Å². The first kappa shape index (κ1) is 13.5. The van der Waals surface area contributed by atoms with Gasteiger partial charge in [-0.1, -0.05) is 0 Å². The van der Waals surface area contributed by atoms with Crippen LogP contribution in [0.3, 0.4) is 0 Å². The Balaban J connectivity index is 2.82. The summed E-state index contributed by atoms with van der Waals surface area (Å²) in [4.78, 5) is 23.3. The van der Waals surface area contributed by atoms with Gasteiger partial charge in [-0.25, -0.2) is 0 Å². The molecule has 0 radical (unpaired) electrons. The number of hydrogen-bond acceptors (Lipinski definition) is 3. The van der Waals surface area contributed by atoms with Gasteiger partial charge in [-0.05, 0) is 34.1 Å². The van der Waals surface area contributed by atoms with Crippen LogP contribution in [0.4, 0.5) is 5.69 Å². The van der Waals surface area contributed by atoms with E-state index < -0.39 is 11.9 Å². The number of halogens is 1. The van der Waals surface area contributed by atoms with Gasteiger partial charge in [-0.15, -0.1) is 0 Å². The van der Waals surface area contributed by atoms with Gasteiger partial charge in [0.15, 0.2) is 0 Å². The van der Waals surface area contributed by atoms with Crippen LogP contribution >= 0.6 is 15.9 Å². The van der Waals surface area contributed by atoms with Crippen LogP contribution in [0.5, 0.6) is 0 Å². The maximum absolute atomic E-state index is 11.0. The number of nitrogens with two attached hydrogens (primary N) is 1. The van der Waals surface area contributed by atoms with Crippen molar-refractivity contribution in [3.63, 3.8) is 0 Å². The zero-order valence-electron chi connectivity index (χ0n) is 9.31. The average Bonchev–Trinajstić information content (AvgIpc) is 2.25. The molecule has 92 valence electrons. The summed E-state index contributed by atoms with van der Waals surface area (Å²) < 4.78 is 0.602. The van der Waals surface area contributed by atoms with Crippen LogP contribution in [-0.2, 0) is 4.79 Å². The average molecular weight is 301 g/mol. The summed E-state index contributed by atoms with van der Waals surface area (Å²) in [6.07, 6.45) is 0.0612. The minimum atomic E-state index is -0.843. The number of anilines is 1. The molecule has 0 saturated heterocycles. The molecule has 5 nitrogen and oxygen atoms in total. The van der Waals surface area contributed by atoms with Crippen LogP contribution in [0.25, 0.3) is 0 Å². The normalized spacial score (nSPS) is 10.0. The molecule has 1 aromatic carbocycles. The van der Waals surface area contributed by atoms with E-state index in [1.165, 1.54) is 0 Å². The lowest BCUT2D eigenvalue weighted by molar-refractivity contribution is -0.136. The Bertz CT molecular complexity index is 448. The second-order valence-electron chi connectivity index (χ2n) is 3.59. The number of benzene rings is 1.